The third-order valence-electron chi connectivity index (χ3n) is 3.07. The fourth-order valence-electron chi connectivity index (χ4n) is 1.98. The van der Waals surface area contributed by atoms with Gasteiger partial charge in [0.2, 0.25) is 5.91 Å². The SMILES string of the molecule is CC(=O)c1cccc(NC(=O)CC[C@H]2NC(=O)NC2=O)c1. The monoisotopic (exact) mass is 289 g/mol. The minimum Gasteiger partial charge on any atom is -0.326 e. The zero-order chi connectivity index (χ0) is 15.4. The lowest BCUT2D eigenvalue weighted by Crippen LogP contribution is -2.30. The molecule has 1 aromatic carbocycles. The second kappa shape index (κ2) is 6.17. The summed E-state index contributed by atoms with van der Waals surface area (Å²) in [6, 6.07) is 5.39. The van der Waals surface area contributed by atoms with Gasteiger partial charge >= 0.3 is 6.03 Å². The van der Waals surface area contributed by atoms with E-state index in [9.17, 15) is 19.2 Å². The van der Waals surface area contributed by atoms with Crippen molar-refractivity contribution in [2.75, 3.05) is 5.32 Å². The van der Waals surface area contributed by atoms with Gasteiger partial charge in [0.15, 0.2) is 5.78 Å². The van der Waals surface area contributed by atoms with Gasteiger partial charge in [-0.25, -0.2) is 4.79 Å². The highest BCUT2D eigenvalue weighted by atomic mass is 16.2. The van der Waals surface area contributed by atoms with E-state index in [0.29, 0.717) is 11.3 Å². The van der Waals surface area contributed by atoms with Gasteiger partial charge in [-0.15, -0.1) is 0 Å². The van der Waals surface area contributed by atoms with Gasteiger partial charge in [0.25, 0.3) is 5.91 Å². The number of nitrogens with one attached hydrogen (secondary N) is 3. The first-order valence-electron chi connectivity index (χ1n) is 6.48. The van der Waals surface area contributed by atoms with Crippen LogP contribution >= 0.6 is 0 Å². The number of amides is 4. The van der Waals surface area contributed by atoms with Crippen molar-refractivity contribution in [2.24, 2.45) is 0 Å². The van der Waals surface area contributed by atoms with E-state index < -0.39 is 18.0 Å². The second-order valence-electron chi connectivity index (χ2n) is 4.74. The molecule has 1 aromatic rings. The molecule has 7 heteroatoms. The predicted octanol–water partition coefficient (Wildman–Crippen LogP) is 0.816. The Labute approximate surface area is 121 Å². The van der Waals surface area contributed by atoms with Crippen LogP contribution in [0.5, 0.6) is 0 Å². The van der Waals surface area contributed by atoms with Crippen molar-refractivity contribution in [3.8, 4) is 0 Å². The lowest BCUT2D eigenvalue weighted by Gasteiger charge is -2.08. The number of ketones is 1. The topological polar surface area (TPSA) is 104 Å². The summed E-state index contributed by atoms with van der Waals surface area (Å²) in [5.74, 6) is -0.799. The second-order valence-corrected chi connectivity index (χ2v) is 4.74. The zero-order valence-corrected chi connectivity index (χ0v) is 11.4. The molecule has 1 aliphatic rings. The maximum atomic E-state index is 11.8. The minimum atomic E-state index is -0.674. The Kier molecular flexibility index (Phi) is 4.32. The van der Waals surface area contributed by atoms with Crippen LogP contribution in [-0.4, -0.2) is 29.7 Å². The van der Waals surface area contributed by atoms with Gasteiger partial charge in [0.05, 0.1) is 0 Å². The summed E-state index contributed by atoms with van der Waals surface area (Å²) in [6.07, 6.45) is 0.304. The lowest BCUT2D eigenvalue weighted by molar-refractivity contribution is -0.120. The smallest absolute Gasteiger partial charge is 0.322 e. The number of anilines is 1. The maximum Gasteiger partial charge on any atom is 0.322 e. The van der Waals surface area contributed by atoms with E-state index in [2.05, 4.69) is 16.0 Å². The van der Waals surface area contributed by atoms with Gasteiger partial charge in [-0.05, 0) is 25.5 Å². The lowest BCUT2D eigenvalue weighted by atomic mass is 10.1. The molecule has 0 spiro atoms. The summed E-state index contributed by atoms with van der Waals surface area (Å²) in [4.78, 5) is 45.3. The maximum absolute atomic E-state index is 11.8. The third-order valence-corrected chi connectivity index (χ3v) is 3.07. The van der Waals surface area contributed by atoms with Gasteiger partial charge in [-0.2, -0.15) is 0 Å². The molecule has 1 atom stereocenters. The number of rotatable bonds is 5. The molecule has 2 rings (SSSR count). The molecule has 1 aliphatic heterocycles. The highest BCUT2D eigenvalue weighted by Gasteiger charge is 2.29. The number of carbonyl (C=O) groups excluding carboxylic acids is 4. The molecule has 1 saturated heterocycles. The molecular formula is C14H15N3O4. The van der Waals surface area contributed by atoms with Crippen LogP contribution in [0.3, 0.4) is 0 Å². The number of benzene rings is 1. The number of hydrogen-bond donors (Lipinski definition) is 3. The normalized spacial score (nSPS) is 17.1. The highest BCUT2D eigenvalue weighted by Crippen LogP contribution is 2.12. The Hall–Kier alpha value is -2.70. The van der Waals surface area contributed by atoms with E-state index in [1.807, 2.05) is 0 Å². The molecule has 0 aliphatic carbocycles. The van der Waals surface area contributed by atoms with E-state index in [-0.39, 0.29) is 24.5 Å². The van der Waals surface area contributed by atoms with E-state index >= 15 is 0 Å². The van der Waals surface area contributed by atoms with Gasteiger partial charge in [-0.3, -0.25) is 19.7 Å². The first-order valence-corrected chi connectivity index (χ1v) is 6.48. The molecule has 0 bridgehead atoms. The fourth-order valence-corrected chi connectivity index (χ4v) is 1.98. The Morgan fingerprint density at radius 2 is 2.05 bits per heavy atom. The Bertz CT molecular complexity index is 612. The van der Waals surface area contributed by atoms with Gasteiger partial charge in [0.1, 0.15) is 6.04 Å². The summed E-state index contributed by atoms with van der Waals surface area (Å²) in [5.41, 5.74) is 1.03. The number of urea groups is 1. The van der Waals surface area contributed by atoms with Crippen LogP contribution in [0.4, 0.5) is 10.5 Å². The highest BCUT2D eigenvalue weighted by molar-refractivity contribution is 6.04. The number of Topliss-reactive ketones (excluding diaryl/α,β-unsaturated/α-hetero) is 1. The predicted molar refractivity (Wildman–Crippen MR) is 74.8 cm³/mol. The zero-order valence-electron chi connectivity index (χ0n) is 11.4. The molecule has 3 N–H and O–H groups in total. The first kappa shape index (κ1) is 14.7. The van der Waals surface area contributed by atoms with Crippen molar-refractivity contribution in [2.45, 2.75) is 25.8 Å². The van der Waals surface area contributed by atoms with Crippen molar-refractivity contribution in [1.82, 2.24) is 10.6 Å². The number of carbonyl (C=O) groups is 4. The Morgan fingerprint density at radius 3 is 2.67 bits per heavy atom. The van der Waals surface area contributed by atoms with Gasteiger partial charge in [0, 0.05) is 17.7 Å². The molecule has 1 heterocycles. The van der Waals surface area contributed by atoms with Gasteiger partial charge < -0.3 is 10.6 Å². The largest absolute Gasteiger partial charge is 0.326 e. The molecule has 7 nitrogen and oxygen atoms in total. The fraction of sp³-hybridized carbons (Fsp3) is 0.286. The van der Waals surface area contributed by atoms with Crippen molar-refractivity contribution < 1.29 is 19.2 Å². The summed E-state index contributed by atoms with van der Waals surface area (Å²) in [7, 11) is 0. The molecule has 0 aromatic heterocycles. The van der Waals surface area contributed by atoms with Crippen LogP contribution in [-0.2, 0) is 9.59 Å². The average Bonchev–Trinajstić information content (AvgIpc) is 2.75. The van der Waals surface area contributed by atoms with Crippen molar-refractivity contribution in [3.05, 3.63) is 29.8 Å². The molecule has 0 radical (unpaired) electrons. The van der Waals surface area contributed by atoms with Gasteiger partial charge in [-0.1, -0.05) is 12.1 Å². The molecule has 4 amide bonds. The average molecular weight is 289 g/mol. The molecule has 110 valence electrons. The van der Waals surface area contributed by atoms with Crippen LogP contribution in [0, 0.1) is 0 Å². The van der Waals surface area contributed by atoms with Crippen LogP contribution < -0.4 is 16.0 Å². The van der Waals surface area contributed by atoms with E-state index in [4.69, 9.17) is 0 Å². The van der Waals surface area contributed by atoms with Crippen LogP contribution in [0.15, 0.2) is 24.3 Å². The standard InChI is InChI=1S/C14H15N3O4/c1-8(18)9-3-2-4-10(7-9)15-12(19)6-5-11-13(20)17-14(21)16-11/h2-4,7,11H,5-6H2,1H3,(H,15,19)(H2,16,17,20,21)/t11-/m1/s1. The summed E-state index contributed by atoms with van der Waals surface area (Å²) in [6.45, 7) is 1.45. The number of imide groups is 1. The molecule has 0 unspecified atom stereocenters. The Balaban J connectivity index is 1.87. The molecule has 1 fully saturated rings. The van der Waals surface area contributed by atoms with E-state index in [1.54, 1.807) is 24.3 Å². The summed E-state index contributed by atoms with van der Waals surface area (Å²) < 4.78 is 0. The Morgan fingerprint density at radius 1 is 1.29 bits per heavy atom. The third kappa shape index (κ3) is 3.88. The van der Waals surface area contributed by atoms with E-state index in [0.717, 1.165) is 0 Å². The quantitative estimate of drug-likeness (QED) is 0.551. The number of hydrogen-bond acceptors (Lipinski definition) is 4. The van der Waals surface area contributed by atoms with Crippen molar-refractivity contribution in [1.29, 1.82) is 0 Å². The summed E-state index contributed by atoms with van der Waals surface area (Å²) >= 11 is 0. The van der Waals surface area contributed by atoms with Crippen LogP contribution in [0.2, 0.25) is 0 Å². The van der Waals surface area contributed by atoms with E-state index in [1.165, 1.54) is 6.92 Å². The molecule has 0 saturated carbocycles. The van der Waals surface area contributed by atoms with Crippen molar-refractivity contribution in [3.63, 3.8) is 0 Å². The molecule has 21 heavy (non-hydrogen) atoms. The molecular weight excluding hydrogens is 274 g/mol. The van der Waals surface area contributed by atoms with Crippen LogP contribution in [0.1, 0.15) is 30.1 Å². The van der Waals surface area contributed by atoms with Crippen molar-refractivity contribution >= 4 is 29.3 Å². The first-order chi connectivity index (χ1) is 9.95. The summed E-state index contributed by atoms with van der Waals surface area (Å²) in [5, 5.41) is 7.18. The van der Waals surface area contributed by atoms with Crippen LogP contribution in [0.25, 0.3) is 0 Å². The minimum absolute atomic E-state index is 0.0860.